The lowest BCUT2D eigenvalue weighted by atomic mass is 10.2. The number of rotatable bonds is 3. The van der Waals surface area contributed by atoms with E-state index in [0.29, 0.717) is 11.6 Å². The molecule has 0 atom stereocenters. The Morgan fingerprint density at radius 3 is 2.84 bits per heavy atom. The lowest BCUT2D eigenvalue weighted by Gasteiger charge is -2.09. The summed E-state index contributed by atoms with van der Waals surface area (Å²) in [6.45, 7) is 0.611. The molecule has 0 bridgehead atoms. The average molecular weight is 271 g/mol. The Morgan fingerprint density at radius 1 is 1.05 bits per heavy atom. The molecule has 1 N–H and O–H groups in total. The zero-order valence-electron chi connectivity index (χ0n) is 10.0. The highest BCUT2D eigenvalue weighted by Gasteiger charge is 2.05. The molecule has 1 aromatic carbocycles. The molecule has 4 nitrogen and oxygen atoms in total. The molecule has 2 aromatic heterocycles. The highest BCUT2D eigenvalue weighted by molar-refractivity contribution is 6.35. The number of pyridine rings is 1. The minimum absolute atomic E-state index is 0.611. The topological polar surface area (TPSA) is 50.7 Å². The smallest absolute Gasteiger partial charge is 0.0908 e. The van der Waals surface area contributed by atoms with Gasteiger partial charge in [-0.1, -0.05) is 11.6 Å². The summed E-state index contributed by atoms with van der Waals surface area (Å²) >= 11 is 6.13. The van der Waals surface area contributed by atoms with E-state index in [1.165, 1.54) is 0 Å². The minimum Gasteiger partial charge on any atom is -0.379 e. The molecule has 5 heteroatoms. The summed E-state index contributed by atoms with van der Waals surface area (Å²) in [5, 5.41) is 4.98. The number of halogens is 1. The standard InChI is InChI=1S/C14H11ClN4/c15-12-3-4-13(11-2-1-5-18-14(11)12)19-9-10-8-16-6-7-17-10/h1-8,19H,9H2. The van der Waals surface area contributed by atoms with E-state index in [0.717, 1.165) is 22.3 Å². The zero-order valence-corrected chi connectivity index (χ0v) is 10.8. The molecular formula is C14H11ClN4. The second-order valence-corrected chi connectivity index (χ2v) is 4.45. The summed E-state index contributed by atoms with van der Waals surface area (Å²) in [7, 11) is 0. The van der Waals surface area contributed by atoms with E-state index in [2.05, 4.69) is 20.3 Å². The van der Waals surface area contributed by atoms with E-state index in [1.54, 1.807) is 24.8 Å². The van der Waals surface area contributed by atoms with Crippen LogP contribution < -0.4 is 5.32 Å². The lowest BCUT2D eigenvalue weighted by molar-refractivity contribution is 1.01. The van der Waals surface area contributed by atoms with E-state index in [9.17, 15) is 0 Å². The van der Waals surface area contributed by atoms with Crippen LogP contribution in [-0.4, -0.2) is 15.0 Å². The molecule has 0 saturated heterocycles. The van der Waals surface area contributed by atoms with Crippen molar-refractivity contribution in [2.75, 3.05) is 5.32 Å². The third kappa shape index (κ3) is 2.48. The Kier molecular flexibility index (Phi) is 3.25. The van der Waals surface area contributed by atoms with Crippen molar-refractivity contribution in [3.8, 4) is 0 Å². The summed E-state index contributed by atoms with van der Waals surface area (Å²) in [5.41, 5.74) is 2.67. The number of fused-ring (bicyclic) bond motifs is 1. The van der Waals surface area contributed by atoms with Gasteiger partial charge in [0.1, 0.15) is 0 Å². The molecule has 94 valence electrons. The van der Waals surface area contributed by atoms with Gasteiger partial charge in [0, 0.05) is 29.7 Å². The SMILES string of the molecule is Clc1ccc(NCc2cnccn2)c2cccnc12. The van der Waals surface area contributed by atoms with E-state index in [4.69, 9.17) is 11.6 Å². The lowest BCUT2D eigenvalue weighted by Crippen LogP contribution is -2.02. The van der Waals surface area contributed by atoms with Gasteiger partial charge in [-0.05, 0) is 24.3 Å². The molecule has 0 aliphatic rings. The summed E-state index contributed by atoms with van der Waals surface area (Å²) in [5.74, 6) is 0. The molecule has 0 spiro atoms. The first-order valence-electron chi connectivity index (χ1n) is 5.86. The highest BCUT2D eigenvalue weighted by Crippen LogP contribution is 2.28. The maximum atomic E-state index is 6.13. The molecule has 0 radical (unpaired) electrons. The van der Waals surface area contributed by atoms with Crippen LogP contribution in [0.4, 0.5) is 5.69 Å². The van der Waals surface area contributed by atoms with Crippen molar-refractivity contribution in [2.24, 2.45) is 0 Å². The van der Waals surface area contributed by atoms with Crippen LogP contribution in [0.3, 0.4) is 0 Å². The van der Waals surface area contributed by atoms with Crippen LogP contribution in [0.2, 0.25) is 5.02 Å². The third-order valence-corrected chi connectivity index (χ3v) is 3.10. The third-order valence-electron chi connectivity index (χ3n) is 2.80. The second-order valence-electron chi connectivity index (χ2n) is 4.04. The van der Waals surface area contributed by atoms with Crippen LogP contribution in [-0.2, 0) is 6.54 Å². The van der Waals surface area contributed by atoms with Gasteiger partial charge in [-0.3, -0.25) is 15.0 Å². The highest BCUT2D eigenvalue weighted by atomic mass is 35.5. The number of hydrogen-bond acceptors (Lipinski definition) is 4. The average Bonchev–Trinajstić information content (AvgIpc) is 2.48. The van der Waals surface area contributed by atoms with Gasteiger partial charge in [0.15, 0.2) is 0 Å². The van der Waals surface area contributed by atoms with E-state index >= 15 is 0 Å². The van der Waals surface area contributed by atoms with E-state index in [-0.39, 0.29) is 0 Å². The molecule has 0 aliphatic heterocycles. The van der Waals surface area contributed by atoms with E-state index < -0.39 is 0 Å². The molecular weight excluding hydrogens is 260 g/mol. The summed E-state index contributed by atoms with van der Waals surface area (Å²) in [6.07, 6.45) is 6.81. The van der Waals surface area contributed by atoms with Crippen molar-refractivity contribution in [3.63, 3.8) is 0 Å². The van der Waals surface area contributed by atoms with Gasteiger partial charge in [-0.2, -0.15) is 0 Å². The molecule has 19 heavy (non-hydrogen) atoms. The van der Waals surface area contributed by atoms with Crippen molar-refractivity contribution < 1.29 is 0 Å². The van der Waals surface area contributed by atoms with E-state index in [1.807, 2.05) is 24.3 Å². The number of anilines is 1. The normalized spacial score (nSPS) is 10.6. The van der Waals surface area contributed by atoms with Crippen molar-refractivity contribution in [1.29, 1.82) is 0 Å². The van der Waals surface area contributed by atoms with Crippen molar-refractivity contribution >= 4 is 28.2 Å². The van der Waals surface area contributed by atoms with Crippen molar-refractivity contribution in [1.82, 2.24) is 15.0 Å². The summed E-state index contributed by atoms with van der Waals surface area (Å²) in [4.78, 5) is 12.6. The first-order valence-corrected chi connectivity index (χ1v) is 6.24. The molecule has 0 fully saturated rings. The van der Waals surface area contributed by atoms with Gasteiger partial charge in [0.2, 0.25) is 0 Å². The van der Waals surface area contributed by atoms with Gasteiger partial charge in [0.05, 0.1) is 29.0 Å². The van der Waals surface area contributed by atoms with Gasteiger partial charge in [0.25, 0.3) is 0 Å². The fourth-order valence-electron chi connectivity index (χ4n) is 1.90. The van der Waals surface area contributed by atoms with Crippen LogP contribution in [0.1, 0.15) is 5.69 Å². The molecule has 0 saturated carbocycles. The predicted molar refractivity (Wildman–Crippen MR) is 76.1 cm³/mol. The Hall–Kier alpha value is -2.20. The van der Waals surface area contributed by atoms with Gasteiger partial charge >= 0.3 is 0 Å². The van der Waals surface area contributed by atoms with Gasteiger partial charge in [-0.15, -0.1) is 0 Å². The number of nitrogens with one attached hydrogen (secondary N) is 1. The van der Waals surface area contributed by atoms with Crippen LogP contribution in [0.15, 0.2) is 49.1 Å². The van der Waals surface area contributed by atoms with Gasteiger partial charge in [-0.25, -0.2) is 0 Å². The number of aromatic nitrogens is 3. The molecule has 0 aliphatic carbocycles. The predicted octanol–water partition coefficient (Wildman–Crippen LogP) is 3.29. The number of benzene rings is 1. The summed E-state index contributed by atoms with van der Waals surface area (Å²) in [6, 6.07) is 7.68. The number of nitrogens with zero attached hydrogens (tertiary/aromatic N) is 3. The Balaban J connectivity index is 1.91. The quantitative estimate of drug-likeness (QED) is 0.793. The molecule has 0 amide bonds. The van der Waals surface area contributed by atoms with Crippen LogP contribution in [0.5, 0.6) is 0 Å². The van der Waals surface area contributed by atoms with Crippen molar-refractivity contribution in [2.45, 2.75) is 6.54 Å². The van der Waals surface area contributed by atoms with Gasteiger partial charge < -0.3 is 5.32 Å². The Labute approximate surface area is 115 Å². The fraction of sp³-hybridized carbons (Fsp3) is 0.0714. The first kappa shape index (κ1) is 11.9. The van der Waals surface area contributed by atoms with Crippen LogP contribution >= 0.6 is 11.6 Å². The maximum Gasteiger partial charge on any atom is 0.0908 e. The first-order chi connectivity index (χ1) is 9.34. The zero-order chi connectivity index (χ0) is 13.1. The maximum absolute atomic E-state index is 6.13. The van der Waals surface area contributed by atoms with Crippen LogP contribution in [0, 0.1) is 0 Å². The second kappa shape index (κ2) is 5.20. The Bertz CT molecular complexity index is 700. The molecule has 2 heterocycles. The number of hydrogen-bond donors (Lipinski definition) is 1. The Morgan fingerprint density at radius 2 is 2.00 bits per heavy atom. The largest absolute Gasteiger partial charge is 0.379 e. The molecule has 3 rings (SSSR count). The monoisotopic (exact) mass is 270 g/mol. The van der Waals surface area contributed by atoms with Crippen molar-refractivity contribution in [3.05, 3.63) is 59.8 Å². The molecule has 0 unspecified atom stereocenters. The summed E-state index contributed by atoms with van der Waals surface area (Å²) < 4.78 is 0. The fourth-order valence-corrected chi connectivity index (χ4v) is 2.11. The molecule has 3 aromatic rings. The van der Waals surface area contributed by atoms with Crippen LogP contribution in [0.25, 0.3) is 10.9 Å². The minimum atomic E-state index is 0.611.